The van der Waals surface area contributed by atoms with Crippen LogP contribution in [0.2, 0.25) is 0 Å². The molecule has 0 heterocycles. The molecule has 1 atom stereocenters. The van der Waals surface area contributed by atoms with E-state index in [-0.39, 0.29) is 6.61 Å². The number of carbonyl (C=O) groups excluding carboxylic acids is 1. The van der Waals surface area contributed by atoms with Crippen LogP contribution in [-0.2, 0) is 18.4 Å². The molecule has 0 rings (SSSR count). The molecular weight excluding hydrogens is 263 g/mol. The van der Waals surface area contributed by atoms with Gasteiger partial charge in [0.1, 0.15) is 6.61 Å². The summed E-state index contributed by atoms with van der Waals surface area (Å²) in [5.74, 6) is -0.517. The van der Waals surface area contributed by atoms with Crippen LogP contribution in [0.4, 0.5) is 0 Å². The van der Waals surface area contributed by atoms with Crippen molar-refractivity contribution < 1.29 is 18.4 Å². The Morgan fingerprint density at radius 3 is 2.00 bits per heavy atom. The Bertz CT molecular complexity index is 313. The van der Waals surface area contributed by atoms with Gasteiger partial charge >= 0.3 is 14.2 Å². The first kappa shape index (κ1) is 18.3. The minimum absolute atomic E-state index is 0.268. The van der Waals surface area contributed by atoms with Gasteiger partial charge in [-0.3, -0.25) is 0 Å². The lowest BCUT2D eigenvalue weighted by molar-refractivity contribution is -0.130. The van der Waals surface area contributed by atoms with Crippen molar-refractivity contribution in [2.75, 3.05) is 6.61 Å². The molecule has 5 heteroatoms. The third-order valence-corrected chi connectivity index (χ3v) is 3.68. The predicted molar refractivity (Wildman–Crippen MR) is 77.1 cm³/mol. The molecule has 0 spiro atoms. The highest BCUT2D eigenvalue weighted by Crippen LogP contribution is 2.27. The molecule has 0 fully saturated rings. The molecule has 0 aliphatic carbocycles. The average Bonchev–Trinajstić information content (AvgIpc) is 2.38. The molecule has 1 unspecified atom stereocenters. The maximum absolute atomic E-state index is 11.9. The van der Waals surface area contributed by atoms with Crippen LogP contribution in [0.1, 0.15) is 66.2 Å². The van der Waals surface area contributed by atoms with E-state index in [1.807, 2.05) is 0 Å². The lowest BCUT2D eigenvalue weighted by Gasteiger charge is -2.08. The molecule has 0 aliphatic heterocycles. The van der Waals surface area contributed by atoms with E-state index in [9.17, 15) is 9.36 Å². The van der Waals surface area contributed by atoms with E-state index in [1.54, 1.807) is 13.8 Å². The summed E-state index contributed by atoms with van der Waals surface area (Å²) in [5.41, 5.74) is 1.71. The molecule has 4 nitrogen and oxygen atoms in total. The summed E-state index contributed by atoms with van der Waals surface area (Å²) in [7, 11) is -2.34. The highest BCUT2D eigenvalue weighted by molar-refractivity contribution is 7.34. The monoisotopic (exact) mass is 289 g/mol. The highest BCUT2D eigenvalue weighted by Gasteiger charge is 2.27. The van der Waals surface area contributed by atoms with Gasteiger partial charge in [-0.15, -0.1) is 4.52 Å². The zero-order valence-corrected chi connectivity index (χ0v) is 13.4. The van der Waals surface area contributed by atoms with Gasteiger partial charge in [0.15, 0.2) is 0 Å². The number of rotatable bonds is 10. The SMILES string of the molecule is CCCCC(CCCC)=C(C)C(=O)O[P+](=O)OCC. The van der Waals surface area contributed by atoms with Gasteiger partial charge in [-0.05, 0) is 39.5 Å². The molecule has 19 heavy (non-hydrogen) atoms. The smallest absolute Gasteiger partial charge is 0.241 e. The van der Waals surface area contributed by atoms with Crippen LogP contribution in [0, 0.1) is 0 Å². The molecule has 0 saturated carbocycles. The van der Waals surface area contributed by atoms with Crippen molar-refractivity contribution in [2.45, 2.75) is 66.2 Å². The van der Waals surface area contributed by atoms with Gasteiger partial charge in [0.2, 0.25) is 0 Å². The summed E-state index contributed by atoms with van der Waals surface area (Å²) in [6.45, 7) is 7.97. The second-order valence-corrected chi connectivity index (χ2v) is 5.34. The maximum Gasteiger partial charge on any atom is 0.753 e. The van der Waals surface area contributed by atoms with Gasteiger partial charge in [-0.2, -0.15) is 4.52 Å². The van der Waals surface area contributed by atoms with E-state index in [0.717, 1.165) is 44.1 Å². The molecule has 0 bridgehead atoms. The lowest BCUT2D eigenvalue weighted by atomic mass is 9.98. The second-order valence-electron chi connectivity index (χ2n) is 4.46. The third-order valence-electron chi connectivity index (χ3n) is 2.89. The second kappa shape index (κ2) is 11.1. The van der Waals surface area contributed by atoms with Crippen LogP contribution >= 0.6 is 8.25 Å². The molecule has 110 valence electrons. The molecule has 0 aromatic carbocycles. The van der Waals surface area contributed by atoms with Crippen molar-refractivity contribution in [2.24, 2.45) is 0 Å². The van der Waals surface area contributed by atoms with Crippen LogP contribution < -0.4 is 0 Å². The fourth-order valence-corrected chi connectivity index (χ4v) is 2.23. The summed E-state index contributed by atoms with van der Waals surface area (Å²) in [6.07, 6.45) is 6.10. The zero-order valence-electron chi connectivity index (χ0n) is 12.5. The standard InChI is InChI=1S/C14H26O4P/c1-5-8-10-13(11-9-6-2)12(4)14(15)18-19(16)17-7-3/h5-11H2,1-4H3/q+1. The maximum atomic E-state index is 11.9. The molecule has 0 aromatic rings. The fourth-order valence-electron chi connectivity index (χ4n) is 1.69. The van der Waals surface area contributed by atoms with E-state index in [1.165, 1.54) is 0 Å². The molecule has 0 N–H and O–H groups in total. The number of carbonyl (C=O) groups is 1. The minimum atomic E-state index is -2.34. The largest absolute Gasteiger partial charge is 0.753 e. The molecule has 0 saturated heterocycles. The van der Waals surface area contributed by atoms with Gasteiger partial charge in [0, 0.05) is 10.1 Å². The van der Waals surface area contributed by atoms with Gasteiger partial charge in [-0.1, -0.05) is 32.3 Å². The number of hydrogen-bond acceptors (Lipinski definition) is 4. The summed E-state index contributed by atoms with van der Waals surface area (Å²) in [5, 5.41) is 0. The Morgan fingerprint density at radius 2 is 1.58 bits per heavy atom. The first-order chi connectivity index (χ1) is 9.06. The van der Waals surface area contributed by atoms with Crippen LogP contribution in [0.25, 0.3) is 0 Å². The molecule has 0 radical (unpaired) electrons. The normalized spacial score (nSPS) is 11.1. The third kappa shape index (κ3) is 8.12. The van der Waals surface area contributed by atoms with Crippen molar-refractivity contribution in [1.29, 1.82) is 0 Å². The van der Waals surface area contributed by atoms with E-state index >= 15 is 0 Å². The topological polar surface area (TPSA) is 52.6 Å². The fraction of sp³-hybridized carbons (Fsp3) is 0.786. The Morgan fingerprint density at radius 1 is 1.05 bits per heavy atom. The van der Waals surface area contributed by atoms with E-state index in [4.69, 9.17) is 9.05 Å². The van der Waals surface area contributed by atoms with Crippen molar-refractivity contribution in [1.82, 2.24) is 0 Å². The van der Waals surface area contributed by atoms with Crippen molar-refractivity contribution >= 4 is 14.2 Å². The van der Waals surface area contributed by atoms with Gasteiger partial charge in [0.25, 0.3) is 0 Å². The number of allylic oxidation sites excluding steroid dienone is 1. The average molecular weight is 289 g/mol. The summed E-state index contributed by atoms with van der Waals surface area (Å²) < 4.78 is 20.8. The Labute approximate surface area is 117 Å². The van der Waals surface area contributed by atoms with Crippen LogP contribution in [0.3, 0.4) is 0 Å². The first-order valence-corrected chi connectivity index (χ1v) is 8.17. The van der Waals surface area contributed by atoms with E-state index in [0.29, 0.717) is 5.57 Å². The van der Waals surface area contributed by atoms with Crippen LogP contribution in [-0.4, -0.2) is 12.6 Å². The Kier molecular flexibility index (Phi) is 10.7. The first-order valence-electron chi connectivity index (χ1n) is 7.07. The van der Waals surface area contributed by atoms with E-state index < -0.39 is 14.2 Å². The molecule has 0 aromatic heterocycles. The zero-order chi connectivity index (χ0) is 14.7. The van der Waals surface area contributed by atoms with Crippen molar-refractivity contribution in [3.8, 4) is 0 Å². The van der Waals surface area contributed by atoms with Crippen molar-refractivity contribution in [3.05, 3.63) is 11.1 Å². The summed E-state index contributed by atoms with van der Waals surface area (Å²) in [4.78, 5) is 11.9. The lowest BCUT2D eigenvalue weighted by Crippen LogP contribution is -2.05. The van der Waals surface area contributed by atoms with Crippen LogP contribution in [0.15, 0.2) is 11.1 Å². The highest BCUT2D eigenvalue weighted by atomic mass is 31.1. The predicted octanol–water partition coefficient (Wildman–Crippen LogP) is 4.92. The number of unbranched alkanes of at least 4 members (excludes halogenated alkanes) is 2. The van der Waals surface area contributed by atoms with Crippen molar-refractivity contribution in [3.63, 3.8) is 0 Å². The van der Waals surface area contributed by atoms with Crippen LogP contribution in [0.5, 0.6) is 0 Å². The Hall–Kier alpha value is -0.730. The minimum Gasteiger partial charge on any atom is -0.241 e. The van der Waals surface area contributed by atoms with E-state index in [2.05, 4.69) is 13.8 Å². The van der Waals surface area contributed by atoms with Gasteiger partial charge < -0.3 is 0 Å². The summed E-state index contributed by atoms with van der Waals surface area (Å²) >= 11 is 0. The molecule has 0 amide bonds. The molecular formula is C14H26O4P+. The van der Waals surface area contributed by atoms with Gasteiger partial charge in [-0.25, -0.2) is 4.79 Å². The van der Waals surface area contributed by atoms with Gasteiger partial charge in [0.05, 0.1) is 0 Å². The summed E-state index contributed by atoms with van der Waals surface area (Å²) in [6, 6.07) is 0. The number of hydrogen-bond donors (Lipinski definition) is 0. The quantitative estimate of drug-likeness (QED) is 0.423. The Balaban J connectivity index is 4.67. The molecule has 0 aliphatic rings.